The van der Waals surface area contributed by atoms with Crippen molar-refractivity contribution in [3.8, 4) is 0 Å². The molecule has 0 unspecified atom stereocenters. The maximum absolute atomic E-state index is 9.25. The van der Waals surface area contributed by atoms with Crippen molar-refractivity contribution in [3.63, 3.8) is 0 Å². The molecule has 0 saturated carbocycles. The standard InChI is InChI=1S/C10H24N4.C3H4O2/c1-3-11-7-9-13-5-2-6-14-10-8-12-4-1;1-2-3(4)5/h11-14H,1-10H2;2H,1H2,(H,4,5). The number of carboxylic acids is 1. The molecule has 0 aromatic carbocycles. The minimum absolute atomic E-state index is 0.833. The number of carbonyl (C=O) groups is 1. The van der Waals surface area contributed by atoms with Crippen molar-refractivity contribution >= 4 is 5.97 Å². The molecule has 0 aromatic rings. The summed E-state index contributed by atoms with van der Waals surface area (Å²) < 4.78 is 0. The Balaban J connectivity index is 0.000000555. The van der Waals surface area contributed by atoms with Crippen molar-refractivity contribution in [3.05, 3.63) is 12.7 Å². The van der Waals surface area contributed by atoms with E-state index < -0.39 is 5.97 Å². The predicted octanol–water partition coefficient (Wildman–Crippen LogP) is -0.604. The first-order valence-corrected chi connectivity index (χ1v) is 6.95. The first-order valence-electron chi connectivity index (χ1n) is 6.95. The van der Waals surface area contributed by atoms with Gasteiger partial charge in [-0.15, -0.1) is 0 Å². The molecule has 0 amide bonds. The Kier molecular flexibility index (Phi) is 14.4. The molecule has 0 radical (unpaired) electrons. The Labute approximate surface area is 116 Å². The number of aliphatic carboxylic acids is 1. The molecule has 5 N–H and O–H groups in total. The van der Waals surface area contributed by atoms with Gasteiger partial charge in [-0.3, -0.25) is 0 Å². The van der Waals surface area contributed by atoms with Crippen molar-refractivity contribution in [1.29, 1.82) is 0 Å². The fourth-order valence-corrected chi connectivity index (χ4v) is 1.53. The topological polar surface area (TPSA) is 85.4 Å². The SMILES string of the molecule is C1CNCCNCCCNCCNC1.C=CC(=O)O. The molecule has 1 aliphatic rings. The Hall–Kier alpha value is -0.950. The van der Waals surface area contributed by atoms with Crippen LogP contribution < -0.4 is 21.3 Å². The molecular weight excluding hydrogens is 244 g/mol. The summed E-state index contributed by atoms with van der Waals surface area (Å²) >= 11 is 0. The summed E-state index contributed by atoms with van der Waals surface area (Å²) in [4.78, 5) is 9.25. The highest BCUT2D eigenvalue weighted by atomic mass is 16.4. The molecule has 0 spiro atoms. The van der Waals surface area contributed by atoms with Crippen molar-refractivity contribution in [2.45, 2.75) is 12.8 Å². The molecular formula is C13H28N4O2. The molecule has 1 aliphatic heterocycles. The Morgan fingerprint density at radius 3 is 1.26 bits per heavy atom. The zero-order valence-corrected chi connectivity index (χ0v) is 11.7. The van der Waals surface area contributed by atoms with Crippen molar-refractivity contribution in [2.24, 2.45) is 0 Å². The molecule has 0 aromatic heterocycles. The summed E-state index contributed by atoms with van der Waals surface area (Å²) in [6, 6.07) is 0. The first-order chi connectivity index (χ1) is 9.27. The van der Waals surface area contributed by atoms with Crippen LogP contribution in [0.25, 0.3) is 0 Å². The van der Waals surface area contributed by atoms with Crippen molar-refractivity contribution < 1.29 is 9.90 Å². The number of hydrogen-bond acceptors (Lipinski definition) is 5. The van der Waals surface area contributed by atoms with Gasteiger partial charge in [0.2, 0.25) is 0 Å². The van der Waals surface area contributed by atoms with Crippen LogP contribution in [0.3, 0.4) is 0 Å². The van der Waals surface area contributed by atoms with Gasteiger partial charge >= 0.3 is 5.97 Å². The van der Waals surface area contributed by atoms with Crippen LogP contribution in [0.2, 0.25) is 0 Å². The minimum atomic E-state index is -0.981. The summed E-state index contributed by atoms with van der Waals surface area (Å²) in [5.41, 5.74) is 0. The van der Waals surface area contributed by atoms with Crippen LogP contribution >= 0.6 is 0 Å². The van der Waals surface area contributed by atoms with E-state index in [9.17, 15) is 4.79 Å². The van der Waals surface area contributed by atoms with E-state index in [0.29, 0.717) is 0 Å². The number of rotatable bonds is 1. The Morgan fingerprint density at radius 2 is 1.05 bits per heavy atom. The number of hydrogen-bond donors (Lipinski definition) is 5. The molecule has 0 bridgehead atoms. The van der Waals surface area contributed by atoms with Crippen LogP contribution in [-0.2, 0) is 4.79 Å². The summed E-state index contributed by atoms with van der Waals surface area (Å²) in [7, 11) is 0. The smallest absolute Gasteiger partial charge is 0.327 e. The summed E-state index contributed by atoms with van der Waals surface area (Å²) in [5, 5.41) is 21.3. The second kappa shape index (κ2) is 15.1. The first kappa shape index (κ1) is 18.0. The van der Waals surface area contributed by atoms with Crippen molar-refractivity contribution in [1.82, 2.24) is 21.3 Å². The molecule has 1 saturated heterocycles. The molecule has 0 aliphatic carbocycles. The highest BCUT2D eigenvalue weighted by Gasteiger charge is 1.93. The Morgan fingerprint density at radius 1 is 0.789 bits per heavy atom. The van der Waals surface area contributed by atoms with E-state index in [0.717, 1.165) is 58.4 Å². The van der Waals surface area contributed by atoms with Crippen LogP contribution in [0.5, 0.6) is 0 Å². The van der Waals surface area contributed by atoms with E-state index in [1.54, 1.807) is 0 Å². The lowest BCUT2D eigenvalue weighted by Crippen LogP contribution is -2.34. The fourth-order valence-electron chi connectivity index (χ4n) is 1.53. The second-order valence-electron chi connectivity index (χ2n) is 4.25. The molecule has 6 nitrogen and oxygen atoms in total. The van der Waals surface area contributed by atoms with Crippen LogP contribution in [0.15, 0.2) is 12.7 Å². The third kappa shape index (κ3) is 17.1. The molecule has 1 heterocycles. The summed E-state index contributed by atoms with van der Waals surface area (Å²) in [5.74, 6) is -0.981. The average Bonchev–Trinajstić information content (AvgIpc) is 2.42. The molecule has 6 heteroatoms. The van der Waals surface area contributed by atoms with Crippen LogP contribution in [0.1, 0.15) is 12.8 Å². The van der Waals surface area contributed by atoms with E-state index >= 15 is 0 Å². The molecule has 19 heavy (non-hydrogen) atoms. The van der Waals surface area contributed by atoms with Gasteiger partial charge in [0.15, 0.2) is 0 Å². The number of carboxylic acid groups (broad SMARTS) is 1. The van der Waals surface area contributed by atoms with Gasteiger partial charge in [-0.05, 0) is 39.0 Å². The van der Waals surface area contributed by atoms with Gasteiger partial charge in [0.05, 0.1) is 0 Å². The van der Waals surface area contributed by atoms with E-state index in [-0.39, 0.29) is 0 Å². The van der Waals surface area contributed by atoms with E-state index in [1.807, 2.05) is 0 Å². The zero-order valence-electron chi connectivity index (χ0n) is 11.7. The van der Waals surface area contributed by atoms with Gasteiger partial charge in [0.25, 0.3) is 0 Å². The molecule has 1 fully saturated rings. The number of nitrogens with one attached hydrogen (secondary N) is 4. The summed E-state index contributed by atoms with van der Waals surface area (Å²) in [6.45, 7) is 11.8. The van der Waals surface area contributed by atoms with Crippen LogP contribution in [-0.4, -0.2) is 63.4 Å². The van der Waals surface area contributed by atoms with Gasteiger partial charge in [-0.25, -0.2) is 4.79 Å². The predicted molar refractivity (Wildman–Crippen MR) is 78.5 cm³/mol. The van der Waals surface area contributed by atoms with Gasteiger partial charge in [-0.1, -0.05) is 6.58 Å². The second-order valence-corrected chi connectivity index (χ2v) is 4.25. The molecule has 112 valence electrons. The average molecular weight is 272 g/mol. The zero-order chi connectivity index (χ0) is 14.2. The minimum Gasteiger partial charge on any atom is -0.478 e. The van der Waals surface area contributed by atoms with Gasteiger partial charge < -0.3 is 26.4 Å². The van der Waals surface area contributed by atoms with Gasteiger partial charge in [-0.2, -0.15) is 0 Å². The normalized spacial score (nSPS) is 19.4. The van der Waals surface area contributed by atoms with Crippen LogP contribution in [0.4, 0.5) is 0 Å². The largest absolute Gasteiger partial charge is 0.478 e. The quantitative estimate of drug-likeness (QED) is 0.410. The van der Waals surface area contributed by atoms with E-state index in [1.165, 1.54) is 12.8 Å². The van der Waals surface area contributed by atoms with Gasteiger partial charge in [0, 0.05) is 32.3 Å². The lowest BCUT2D eigenvalue weighted by Gasteiger charge is -2.10. The summed E-state index contributed by atoms with van der Waals surface area (Å²) in [6.07, 6.45) is 3.28. The maximum atomic E-state index is 9.25. The third-order valence-electron chi connectivity index (χ3n) is 2.55. The highest BCUT2D eigenvalue weighted by Crippen LogP contribution is 1.76. The maximum Gasteiger partial charge on any atom is 0.327 e. The van der Waals surface area contributed by atoms with Gasteiger partial charge in [0.1, 0.15) is 0 Å². The fraction of sp³-hybridized carbons (Fsp3) is 0.769. The van der Waals surface area contributed by atoms with Crippen LogP contribution in [0, 0.1) is 0 Å². The Bertz CT molecular complexity index is 171. The monoisotopic (exact) mass is 272 g/mol. The highest BCUT2D eigenvalue weighted by molar-refractivity contribution is 5.78. The third-order valence-corrected chi connectivity index (χ3v) is 2.55. The molecule has 1 rings (SSSR count). The lowest BCUT2D eigenvalue weighted by molar-refractivity contribution is -0.131. The van der Waals surface area contributed by atoms with Crippen molar-refractivity contribution in [2.75, 3.05) is 52.4 Å². The molecule has 0 atom stereocenters. The van der Waals surface area contributed by atoms with E-state index in [4.69, 9.17) is 5.11 Å². The van der Waals surface area contributed by atoms with E-state index in [2.05, 4.69) is 27.8 Å². The lowest BCUT2D eigenvalue weighted by atomic mass is 10.3.